The summed E-state index contributed by atoms with van der Waals surface area (Å²) in [4.78, 5) is 57.8. The zero-order valence-electron chi connectivity index (χ0n) is 21.6. The van der Waals surface area contributed by atoms with Gasteiger partial charge in [0, 0.05) is 30.2 Å². The zero-order chi connectivity index (χ0) is 27.2. The largest absolute Gasteiger partial charge is 0.480 e. The first kappa shape index (κ1) is 27.6. The molecule has 0 saturated carbocycles. The van der Waals surface area contributed by atoms with E-state index in [9.17, 15) is 24.3 Å². The van der Waals surface area contributed by atoms with Gasteiger partial charge in [-0.1, -0.05) is 18.2 Å². The molecule has 0 radical (unpaired) electrons. The molecular weight excluding hydrogens is 488 g/mol. The van der Waals surface area contributed by atoms with E-state index in [4.69, 9.17) is 11.5 Å². The number of carbonyl (C=O) groups is 4. The van der Waals surface area contributed by atoms with Crippen LogP contribution in [0.25, 0.3) is 10.9 Å². The van der Waals surface area contributed by atoms with E-state index in [1.54, 1.807) is 0 Å². The summed E-state index contributed by atoms with van der Waals surface area (Å²) in [5, 5.41) is 13.4. The minimum Gasteiger partial charge on any atom is -0.480 e. The highest BCUT2D eigenvalue weighted by molar-refractivity contribution is 5.95. The SMILES string of the molecule is NCCCCC(NC(=O)C1CCCN1C(=O)C(N)Cc1c[nH]c2ccccc12)C(=O)N1CCCC1C(=O)O. The maximum absolute atomic E-state index is 13.4. The summed E-state index contributed by atoms with van der Waals surface area (Å²) in [5.74, 6) is -2.15. The monoisotopic (exact) mass is 526 g/mol. The number of likely N-dealkylation sites (tertiary alicyclic amines) is 2. The maximum Gasteiger partial charge on any atom is 0.326 e. The summed E-state index contributed by atoms with van der Waals surface area (Å²) >= 11 is 0. The summed E-state index contributed by atoms with van der Waals surface area (Å²) in [6, 6.07) is 4.50. The van der Waals surface area contributed by atoms with Crippen LogP contribution in [0.1, 0.15) is 50.5 Å². The molecule has 2 aliphatic rings. The standard InChI is InChI=1S/C27H38N6O5/c28-12-4-3-9-21(26(36)33-14-6-11-23(33)27(37)38)31-24(34)22-10-5-13-32(22)25(35)19(29)15-17-16-30-20-8-2-1-7-18(17)20/h1-2,7-8,16,19,21-23,30H,3-6,9-15,28-29H2,(H,31,34)(H,37,38). The van der Waals surface area contributed by atoms with Crippen LogP contribution < -0.4 is 16.8 Å². The van der Waals surface area contributed by atoms with Gasteiger partial charge < -0.3 is 36.7 Å². The zero-order valence-corrected chi connectivity index (χ0v) is 21.6. The number of aromatic nitrogens is 1. The van der Waals surface area contributed by atoms with Crippen molar-refractivity contribution in [2.75, 3.05) is 19.6 Å². The number of hydrogen-bond acceptors (Lipinski definition) is 6. The number of carbonyl (C=O) groups excluding carboxylic acids is 3. The van der Waals surface area contributed by atoms with E-state index in [1.165, 1.54) is 9.80 Å². The minimum atomic E-state index is -1.04. The Kier molecular flexibility index (Phi) is 9.01. The predicted molar refractivity (Wildman–Crippen MR) is 142 cm³/mol. The number of carboxylic acid groups (broad SMARTS) is 1. The summed E-state index contributed by atoms with van der Waals surface area (Å²) in [6.07, 6.45) is 5.96. The molecule has 0 aliphatic carbocycles. The number of rotatable bonds is 11. The molecule has 4 unspecified atom stereocenters. The van der Waals surface area contributed by atoms with Crippen molar-refractivity contribution in [1.82, 2.24) is 20.1 Å². The summed E-state index contributed by atoms with van der Waals surface area (Å²) < 4.78 is 0. The average Bonchev–Trinajstić information content (AvgIpc) is 3.67. The lowest BCUT2D eigenvalue weighted by molar-refractivity contribution is -0.150. The highest BCUT2D eigenvalue weighted by Gasteiger charge is 2.40. The number of carboxylic acids is 1. The molecule has 3 amide bonds. The van der Waals surface area contributed by atoms with Crippen molar-refractivity contribution in [3.63, 3.8) is 0 Å². The van der Waals surface area contributed by atoms with Crippen LogP contribution in [0.3, 0.4) is 0 Å². The number of amides is 3. The molecule has 11 nitrogen and oxygen atoms in total. The lowest BCUT2D eigenvalue weighted by Crippen LogP contribution is -2.56. The Labute approximate surface area is 221 Å². The van der Waals surface area contributed by atoms with E-state index < -0.39 is 42.0 Å². The Bertz CT molecular complexity index is 1170. The molecule has 3 heterocycles. The molecule has 2 aromatic rings. The van der Waals surface area contributed by atoms with E-state index >= 15 is 0 Å². The molecule has 38 heavy (non-hydrogen) atoms. The third kappa shape index (κ3) is 5.99. The van der Waals surface area contributed by atoms with Crippen molar-refractivity contribution in [3.05, 3.63) is 36.0 Å². The summed E-state index contributed by atoms with van der Waals surface area (Å²) in [7, 11) is 0. The lowest BCUT2D eigenvalue weighted by atomic mass is 10.0. The Hall–Kier alpha value is -3.44. The topological polar surface area (TPSA) is 175 Å². The molecule has 2 fully saturated rings. The fourth-order valence-electron chi connectivity index (χ4n) is 5.65. The van der Waals surface area contributed by atoms with Gasteiger partial charge in [0.05, 0.1) is 6.04 Å². The lowest BCUT2D eigenvalue weighted by Gasteiger charge is -2.30. The van der Waals surface area contributed by atoms with Gasteiger partial charge in [-0.25, -0.2) is 4.79 Å². The second kappa shape index (κ2) is 12.4. The predicted octanol–water partition coefficient (Wildman–Crippen LogP) is 0.718. The Morgan fingerprint density at radius 2 is 1.71 bits per heavy atom. The minimum absolute atomic E-state index is 0.301. The normalized spacial score (nSPS) is 21.0. The molecule has 7 N–H and O–H groups in total. The number of unbranched alkanes of at least 4 members (excludes halogenated alkanes) is 1. The molecule has 11 heteroatoms. The van der Waals surface area contributed by atoms with Crippen LogP contribution in [0.2, 0.25) is 0 Å². The third-order valence-corrected chi connectivity index (χ3v) is 7.65. The molecule has 0 bridgehead atoms. The number of nitrogens with one attached hydrogen (secondary N) is 2. The number of benzene rings is 1. The van der Waals surface area contributed by atoms with Crippen LogP contribution in [0.4, 0.5) is 0 Å². The molecule has 2 aliphatic heterocycles. The molecule has 4 atom stereocenters. The van der Waals surface area contributed by atoms with Crippen LogP contribution in [-0.4, -0.2) is 87.4 Å². The quantitative estimate of drug-likeness (QED) is 0.268. The number of aromatic amines is 1. The Morgan fingerprint density at radius 3 is 2.42 bits per heavy atom. The van der Waals surface area contributed by atoms with E-state index in [0.29, 0.717) is 71.0 Å². The summed E-state index contributed by atoms with van der Waals surface area (Å²) in [6.45, 7) is 1.21. The highest BCUT2D eigenvalue weighted by Crippen LogP contribution is 2.24. The van der Waals surface area contributed by atoms with Gasteiger partial charge >= 0.3 is 5.97 Å². The number of fused-ring (bicyclic) bond motifs is 1. The fraction of sp³-hybridized carbons (Fsp3) is 0.556. The van der Waals surface area contributed by atoms with Gasteiger partial charge in [0.15, 0.2) is 0 Å². The number of nitrogens with zero attached hydrogens (tertiary/aromatic N) is 2. The van der Waals surface area contributed by atoms with Crippen LogP contribution in [0, 0.1) is 0 Å². The second-order valence-electron chi connectivity index (χ2n) is 10.2. The van der Waals surface area contributed by atoms with Gasteiger partial charge in [0.2, 0.25) is 17.7 Å². The van der Waals surface area contributed by atoms with E-state index in [0.717, 1.165) is 16.5 Å². The van der Waals surface area contributed by atoms with Crippen molar-refractivity contribution < 1.29 is 24.3 Å². The van der Waals surface area contributed by atoms with Gasteiger partial charge in [-0.2, -0.15) is 0 Å². The first-order valence-corrected chi connectivity index (χ1v) is 13.5. The first-order valence-electron chi connectivity index (χ1n) is 13.5. The van der Waals surface area contributed by atoms with E-state index in [-0.39, 0.29) is 5.91 Å². The van der Waals surface area contributed by atoms with Gasteiger partial charge in [-0.15, -0.1) is 0 Å². The molecule has 1 aromatic carbocycles. The number of hydrogen-bond donors (Lipinski definition) is 5. The number of para-hydroxylation sites is 1. The highest BCUT2D eigenvalue weighted by atomic mass is 16.4. The van der Waals surface area contributed by atoms with Gasteiger partial charge in [-0.3, -0.25) is 14.4 Å². The van der Waals surface area contributed by atoms with Crippen molar-refractivity contribution in [1.29, 1.82) is 0 Å². The third-order valence-electron chi connectivity index (χ3n) is 7.65. The second-order valence-corrected chi connectivity index (χ2v) is 10.2. The Balaban J connectivity index is 1.43. The summed E-state index contributed by atoms with van der Waals surface area (Å²) in [5.41, 5.74) is 13.9. The first-order chi connectivity index (χ1) is 18.3. The molecule has 0 spiro atoms. The van der Waals surface area contributed by atoms with E-state index in [1.807, 2.05) is 30.5 Å². The smallest absolute Gasteiger partial charge is 0.326 e. The number of aliphatic carboxylic acids is 1. The fourth-order valence-corrected chi connectivity index (χ4v) is 5.65. The van der Waals surface area contributed by atoms with Crippen LogP contribution in [-0.2, 0) is 25.6 Å². The molecule has 2 saturated heterocycles. The van der Waals surface area contributed by atoms with Crippen LogP contribution in [0.5, 0.6) is 0 Å². The maximum atomic E-state index is 13.4. The van der Waals surface area contributed by atoms with Gasteiger partial charge in [0.1, 0.15) is 18.1 Å². The molecule has 4 rings (SSSR count). The van der Waals surface area contributed by atoms with E-state index in [2.05, 4.69) is 10.3 Å². The molecule has 1 aromatic heterocycles. The van der Waals surface area contributed by atoms with Gasteiger partial charge in [-0.05, 0) is 69.5 Å². The Morgan fingerprint density at radius 1 is 1.03 bits per heavy atom. The van der Waals surface area contributed by atoms with Crippen molar-refractivity contribution in [3.8, 4) is 0 Å². The van der Waals surface area contributed by atoms with Crippen molar-refractivity contribution in [2.45, 2.75) is 75.5 Å². The van der Waals surface area contributed by atoms with Crippen LogP contribution in [0.15, 0.2) is 30.5 Å². The van der Waals surface area contributed by atoms with Crippen molar-refractivity contribution in [2.24, 2.45) is 11.5 Å². The molecule has 206 valence electrons. The average molecular weight is 527 g/mol. The molecular formula is C27H38N6O5. The number of nitrogens with two attached hydrogens (primary N) is 2. The van der Waals surface area contributed by atoms with Crippen molar-refractivity contribution >= 4 is 34.6 Å². The number of H-pyrrole nitrogens is 1. The van der Waals surface area contributed by atoms with Crippen LogP contribution >= 0.6 is 0 Å². The van der Waals surface area contributed by atoms with Gasteiger partial charge in [0.25, 0.3) is 0 Å².